The number of rotatable bonds is 9. The van der Waals surface area contributed by atoms with E-state index in [-0.39, 0.29) is 0 Å². The Bertz CT molecular complexity index is 391. The number of aryl methyl sites for hydroxylation is 2. The lowest BCUT2D eigenvalue weighted by Gasteiger charge is -2.09. The highest BCUT2D eigenvalue weighted by Crippen LogP contribution is 2.14. The van der Waals surface area contributed by atoms with Crippen LogP contribution in [0.4, 0.5) is 0 Å². The minimum atomic E-state index is 0.515. The summed E-state index contributed by atoms with van der Waals surface area (Å²) < 4.78 is 2.17. The van der Waals surface area contributed by atoms with Gasteiger partial charge in [0.25, 0.3) is 0 Å². The lowest BCUT2D eigenvalue weighted by molar-refractivity contribution is 0.532. The first kappa shape index (κ1) is 16.0. The molecule has 19 heavy (non-hydrogen) atoms. The summed E-state index contributed by atoms with van der Waals surface area (Å²) in [6.07, 6.45) is 6.82. The molecule has 1 rings (SSSR count). The molecule has 0 aliphatic rings. The highest BCUT2D eigenvalue weighted by molar-refractivity contribution is 5.24. The molecular weight excluding hydrogens is 234 g/mol. The van der Waals surface area contributed by atoms with Crippen molar-refractivity contribution in [3.63, 3.8) is 0 Å². The summed E-state index contributed by atoms with van der Waals surface area (Å²) in [5.74, 6) is 0. The maximum atomic E-state index is 4.66. The van der Waals surface area contributed by atoms with Gasteiger partial charge in [0.15, 0.2) is 0 Å². The molecule has 108 valence electrons. The fraction of sp³-hybridized carbons (Fsp3) is 0.688. The second kappa shape index (κ2) is 8.16. The molecule has 0 fully saturated rings. The van der Waals surface area contributed by atoms with Gasteiger partial charge in [0.2, 0.25) is 0 Å². The van der Waals surface area contributed by atoms with Crippen molar-refractivity contribution < 1.29 is 0 Å². The van der Waals surface area contributed by atoms with Gasteiger partial charge in [0, 0.05) is 30.4 Å². The Labute approximate surface area is 118 Å². The number of hydrogen-bond donors (Lipinski definition) is 1. The highest BCUT2D eigenvalue weighted by atomic mass is 15.3. The second-order valence-electron chi connectivity index (χ2n) is 5.55. The molecule has 1 aromatic heterocycles. The van der Waals surface area contributed by atoms with E-state index in [1.165, 1.54) is 30.5 Å². The van der Waals surface area contributed by atoms with Crippen LogP contribution in [-0.4, -0.2) is 15.8 Å². The van der Waals surface area contributed by atoms with Crippen molar-refractivity contribution in [2.75, 3.05) is 0 Å². The molecule has 0 amide bonds. The standard InChI is InChI=1S/C16H29N3/c1-6-7-8-9-10-11-19-15(5)16(14(4)18-19)12-17-13(2)3/h6,13,17H,1,7-12H2,2-5H3. The predicted molar refractivity (Wildman–Crippen MR) is 82.3 cm³/mol. The minimum absolute atomic E-state index is 0.515. The van der Waals surface area contributed by atoms with Gasteiger partial charge in [-0.1, -0.05) is 26.3 Å². The normalized spacial score (nSPS) is 11.2. The van der Waals surface area contributed by atoms with E-state index in [1.54, 1.807) is 0 Å². The Hall–Kier alpha value is -1.09. The summed E-state index contributed by atoms with van der Waals surface area (Å²) in [6, 6.07) is 0.515. The van der Waals surface area contributed by atoms with Crippen LogP contribution in [0.1, 0.15) is 56.5 Å². The van der Waals surface area contributed by atoms with Crippen molar-refractivity contribution in [3.8, 4) is 0 Å². The SMILES string of the molecule is C=CCCCCCn1nc(C)c(CNC(C)C)c1C. The molecule has 1 aromatic rings. The second-order valence-corrected chi connectivity index (χ2v) is 5.55. The van der Waals surface area contributed by atoms with Crippen molar-refractivity contribution in [2.24, 2.45) is 0 Å². The van der Waals surface area contributed by atoms with Crippen LogP contribution in [0.3, 0.4) is 0 Å². The molecule has 1 heterocycles. The third-order valence-electron chi connectivity index (χ3n) is 3.50. The van der Waals surface area contributed by atoms with Gasteiger partial charge in [-0.3, -0.25) is 4.68 Å². The summed E-state index contributed by atoms with van der Waals surface area (Å²) in [5, 5.41) is 8.14. The molecule has 0 spiro atoms. The van der Waals surface area contributed by atoms with E-state index in [0.717, 1.165) is 25.2 Å². The molecule has 0 atom stereocenters. The lowest BCUT2D eigenvalue weighted by atomic mass is 10.1. The van der Waals surface area contributed by atoms with Crippen molar-refractivity contribution in [2.45, 2.75) is 72.5 Å². The van der Waals surface area contributed by atoms with Gasteiger partial charge in [-0.15, -0.1) is 6.58 Å². The van der Waals surface area contributed by atoms with Gasteiger partial charge >= 0.3 is 0 Å². The van der Waals surface area contributed by atoms with Gasteiger partial charge in [-0.25, -0.2) is 0 Å². The summed E-state index contributed by atoms with van der Waals surface area (Å²) >= 11 is 0. The van der Waals surface area contributed by atoms with Crippen LogP contribution in [-0.2, 0) is 13.1 Å². The Balaban J connectivity index is 2.50. The maximum Gasteiger partial charge on any atom is 0.0641 e. The maximum absolute atomic E-state index is 4.66. The van der Waals surface area contributed by atoms with E-state index in [1.807, 2.05) is 6.08 Å². The molecule has 0 radical (unpaired) electrons. The van der Waals surface area contributed by atoms with E-state index in [4.69, 9.17) is 0 Å². The molecule has 0 bridgehead atoms. The van der Waals surface area contributed by atoms with Gasteiger partial charge in [-0.05, 0) is 33.1 Å². The van der Waals surface area contributed by atoms with Crippen LogP contribution in [0, 0.1) is 13.8 Å². The quantitative estimate of drug-likeness (QED) is 0.543. The van der Waals surface area contributed by atoms with Crippen molar-refractivity contribution >= 4 is 0 Å². The number of nitrogens with zero attached hydrogens (tertiary/aromatic N) is 2. The van der Waals surface area contributed by atoms with Crippen LogP contribution >= 0.6 is 0 Å². The number of unbranched alkanes of at least 4 members (excludes halogenated alkanes) is 3. The van der Waals surface area contributed by atoms with Gasteiger partial charge in [0.1, 0.15) is 0 Å². The first-order valence-electron chi connectivity index (χ1n) is 7.43. The third kappa shape index (κ3) is 5.19. The number of nitrogens with one attached hydrogen (secondary N) is 1. The van der Waals surface area contributed by atoms with Crippen LogP contribution < -0.4 is 5.32 Å². The Morgan fingerprint density at radius 1 is 1.26 bits per heavy atom. The summed E-state index contributed by atoms with van der Waals surface area (Å²) in [4.78, 5) is 0. The third-order valence-corrected chi connectivity index (χ3v) is 3.50. The van der Waals surface area contributed by atoms with Crippen molar-refractivity contribution in [1.82, 2.24) is 15.1 Å². The van der Waals surface area contributed by atoms with Crippen LogP contribution in [0.2, 0.25) is 0 Å². The number of aromatic nitrogens is 2. The molecule has 0 aromatic carbocycles. The Morgan fingerprint density at radius 3 is 2.63 bits per heavy atom. The average molecular weight is 263 g/mol. The number of allylic oxidation sites excluding steroid dienone is 1. The minimum Gasteiger partial charge on any atom is -0.310 e. The average Bonchev–Trinajstić information content (AvgIpc) is 2.62. The first-order valence-corrected chi connectivity index (χ1v) is 7.43. The van der Waals surface area contributed by atoms with Crippen LogP contribution in [0.5, 0.6) is 0 Å². The molecule has 0 unspecified atom stereocenters. The van der Waals surface area contributed by atoms with Crippen LogP contribution in [0.25, 0.3) is 0 Å². The van der Waals surface area contributed by atoms with Gasteiger partial charge in [-0.2, -0.15) is 5.10 Å². The zero-order valence-electron chi connectivity index (χ0n) is 13.0. The predicted octanol–water partition coefficient (Wildman–Crippen LogP) is 3.74. The molecule has 0 aliphatic heterocycles. The van der Waals surface area contributed by atoms with Crippen LogP contribution in [0.15, 0.2) is 12.7 Å². The smallest absolute Gasteiger partial charge is 0.0641 e. The molecule has 0 saturated carbocycles. The molecule has 3 heteroatoms. The van der Waals surface area contributed by atoms with Crippen molar-refractivity contribution in [3.05, 3.63) is 29.6 Å². The van der Waals surface area contributed by atoms with E-state index in [2.05, 4.69) is 49.4 Å². The van der Waals surface area contributed by atoms with E-state index < -0.39 is 0 Å². The monoisotopic (exact) mass is 263 g/mol. The van der Waals surface area contributed by atoms with E-state index in [9.17, 15) is 0 Å². The molecule has 0 saturated heterocycles. The van der Waals surface area contributed by atoms with Gasteiger partial charge in [0.05, 0.1) is 5.69 Å². The zero-order valence-corrected chi connectivity index (χ0v) is 13.0. The highest BCUT2D eigenvalue weighted by Gasteiger charge is 2.11. The van der Waals surface area contributed by atoms with E-state index in [0.29, 0.717) is 6.04 Å². The fourth-order valence-corrected chi connectivity index (χ4v) is 2.24. The Morgan fingerprint density at radius 2 is 2.00 bits per heavy atom. The van der Waals surface area contributed by atoms with Crippen molar-refractivity contribution in [1.29, 1.82) is 0 Å². The summed E-state index contributed by atoms with van der Waals surface area (Å²) in [7, 11) is 0. The van der Waals surface area contributed by atoms with Gasteiger partial charge < -0.3 is 5.32 Å². The topological polar surface area (TPSA) is 29.9 Å². The number of hydrogen-bond acceptors (Lipinski definition) is 2. The molecule has 0 aliphatic carbocycles. The first-order chi connectivity index (χ1) is 9.06. The fourth-order valence-electron chi connectivity index (χ4n) is 2.24. The molecular formula is C16H29N3. The Kier molecular flexibility index (Phi) is 6.85. The molecule has 3 nitrogen and oxygen atoms in total. The summed E-state index contributed by atoms with van der Waals surface area (Å²) in [5.41, 5.74) is 3.84. The summed E-state index contributed by atoms with van der Waals surface area (Å²) in [6.45, 7) is 14.4. The largest absolute Gasteiger partial charge is 0.310 e. The lowest BCUT2D eigenvalue weighted by Crippen LogP contribution is -2.22. The molecule has 1 N–H and O–H groups in total. The zero-order chi connectivity index (χ0) is 14.3. The van der Waals surface area contributed by atoms with E-state index >= 15 is 0 Å².